The van der Waals surface area contributed by atoms with E-state index in [1.54, 1.807) is 0 Å². The first kappa shape index (κ1) is 15.8. The van der Waals surface area contributed by atoms with Crippen molar-refractivity contribution in [3.8, 4) is 0 Å². The van der Waals surface area contributed by atoms with Gasteiger partial charge in [0.05, 0.1) is 5.69 Å². The summed E-state index contributed by atoms with van der Waals surface area (Å²) in [6.07, 6.45) is 4.53. The fourth-order valence-electron chi connectivity index (χ4n) is 2.52. The summed E-state index contributed by atoms with van der Waals surface area (Å²) < 4.78 is 2.21. The SMILES string of the molecule is CCCCN(CC)c1nc2ccccn2c1CNC(C)C. The zero-order chi connectivity index (χ0) is 15.2. The number of fused-ring (bicyclic) bond motifs is 1. The molecule has 2 heterocycles. The van der Waals surface area contributed by atoms with Crippen LogP contribution in [0.15, 0.2) is 24.4 Å². The molecule has 4 heteroatoms. The molecule has 0 saturated carbocycles. The molecule has 0 atom stereocenters. The van der Waals surface area contributed by atoms with Crippen LogP contribution in [0.3, 0.4) is 0 Å². The van der Waals surface area contributed by atoms with Gasteiger partial charge >= 0.3 is 0 Å². The number of rotatable bonds is 8. The van der Waals surface area contributed by atoms with Crippen molar-refractivity contribution < 1.29 is 0 Å². The highest BCUT2D eigenvalue weighted by molar-refractivity contribution is 5.56. The summed E-state index contributed by atoms with van der Waals surface area (Å²) >= 11 is 0. The molecular formula is C17H28N4. The van der Waals surface area contributed by atoms with Crippen molar-refractivity contribution in [1.82, 2.24) is 14.7 Å². The topological polar surface area (TPSA) is 32.6 Å². The molecule has 21 heavy (non-hydrogen) atoms. The van der Waals surface area contributed by atoms with E-state index in [4.69, 9.17) is 4.98 Å². The van der Waals surface area contributed by atoms with Gasteiger partial charge in [-0.25, -0.2) is 4.98 Å². The fourth-order valence-corrected chi connectivity index (χ4v) is 2.52. The van der Waals surface area contributed by atoms with Gasteiger partial charge < -0.3 is 14.6 Å². The number of nitrogens with zero attached hydrogens (tertiary/aromatic N) is 3. The van der Waals surface area contributed by atoms with Crippen molar-refractivity contribution in [2.45, 2.75) is 53.1 Å². The molecule has 0 saturated heterocycles. The van der Waals surface area contributed by atoms with Crippen LogP contribution in [0.2, 0.25) is 0 Å². The van der Waals surface area contributed by atoms with Crippen LogP contribution in [0, 0.1) is 0 Å². The second-order valence-corrected chi connectivity index (χ2v) is 5.78. The molecule has 0 amide bonds. The van der Waals surface area contributed by atoms with Gasteiger partial charge in [0.1, 0.15) is 5.65 Å². The van der Waals surface area contributed by atoms with Gasteiger partial charge in [-0.05, 0) is 25.5 Å². The Balaban J connectivity index is 2.37. The molecule has 0 aromatic carbocycles. The Morgan fingerprint density at radius 2 is 2.10 bits per heavy atom. The quantitative estimate of drug-likeness (QED) is 0.807. The summed E-state index contributed by atoms with van der Waals surface area (Å²) in [6, 6.07) is 6.67. The van der Waals surface area contributed by atoms with Crippen molar-refractivity contribution in [2.24, 2.45) is 0 Å². The Bertz CT molecular complexity index is 559. The maximum atomic E-state index is 4.86. The highest BCUT2D eigenvalue weighted by atomic mass is 15.2. The normalized spacial score (nSPS) is 11.5. The van der Waals surface area contributed by atoms with Crippen LogP contribution < -0.4 is 10.2 Å². The molecule has 0 bridgehead atoms. The van der Waals surface area contributed by atoms with E-state index >= 15 is 0 Å². The summed E-state index contributed by atoms with van der Waals surface area (Å²) in [5, 5.41) is 3.53. The fraction of sp³-hybridized carbons (Fsp3) is 0.588. The van der Waals surface area contributed by atoms with Crippen LogP contribution in [-0.2, 0) is 6.54 Å². The van der Waals surface area contributed by atoms with Gasteiger partial charge in [-0.3, -0.25) is 0 Å². The minimum absolute atomic E-state index is 0.470. The molecule has 0 aliphatic carbocycles. The third-order valence-corrected chi connectivity index (χ3v) is 3.75. The van der Waals surface area contributed by atoms with Gasteiger partial charge in [0, 0.05) is 31.9 Å². The number of hydrogen-bond donors (Lipinski definition) is 1. The zero-order valence-corrected chi connectivity index (χ0v) is 13.8. The minimum Gasteiger partial charge on any atom is -0.355 e. The van der Waals surface area contributed by atoms with Crippen LogP contribution in [0.1, 0.15) is 46.2 Å². The molecule has 4 nitrogen and oxygen atoms in total. The van der Waals surface area contributed by atoms with Gasteiger partial charge in [0.25, 0.3) is 0 Å². The van der Waals surface area contributed by atoms with Gasteiger partial charge in [0.15, 0.2) is 5.82 Å². The van der Waals surface area contributed by atoms with E-state index in [0.717, 1.165) is 31.1 Å². The predicted octanol–water partition coefficient (Wildman–Crippen LogP) is 3.46. The van der Waals surface area contributed by atoms with Gasteiger partial charge in [-0.15, -0.1) is 0 Å². The Morgan fingerprint density at radius 1 is 1.29 bits per heavy atom. The molecular weight excluding hydrogens is 260 g/mol. The maximum absolute atomic E-state index is 4.86. The molecule has 0 fully saturated rings. The van der Waals surface area contributed by atoms with Crippen LogP contribution >= 0.6 is 0 Å². The van der Waals surface area contributed by atoms with Crippen LogP contribution in [0.4, 0.5) is 5.82 Å². The lowest BCUT2D eigenvalue weighted by atomic mass is 10.3. The van der Waals surface area contributed by atoms with Crippen molar-refractivity contribution in [2.75, 3.05) is 18.0 Å². The van der Waals surface area contributed by atoms with E-state index < -0.39 is 0 Å². The standard InChI is InChI=1S/C17H28N4/c1-5-7-11-20(6-2)17-15(13-18-14(3)4)21-12-9-8-10-16(21)19-17/h8-10,12,14,18H,5-7,11,13H2,1-4H3. The molecule has 0 aliphatic heterocycles. The number of pyridine rings is 1. The molecule has 2 aromatic rings. The van der Waals surface area contributed by atoms with Crippen LogP contribution in [0.25, 0.3) is 5.65 Å². The summed E-state index contributed by atoms with van der Waals surface area (Å²) in [7, 11) is 0. The third kappa shape index (κ3) is 3.76. The van der Waals surface area contributed by atoms with E-state index in [1.807, 2.05) is 6.07 Å². The van der Waals surface area contributed by atoms with Gasteiger partial charge in [-0.2, -0.15) is 0 Å². The zero-order valence-electron chi connectivity index (χ0n) is 13.8. The lowest BCUT2D eigenvalue weighted by molar-refractivity contribution is 0.577. The summed E-state index contributed by atoms with van der Waals surface area (Å²) in [6.45, 7) is 11.7. The number of nitrogens with one attached hydrogen (secondary N) is 1. The first-order valence-electron chi connectivity index (χ1n) is 8.11. The van der Waals surface area contributed by atoms with E-state index in [0.29, 0.717) is 6.04 Å². The average molecular weight is 288 g/mol. The highest BCUT2D eigenvalue weighted by Crippen LogP contribution is 2.22. The lowest BCUT2D eigenvalue weighted by Crippen LogP contribution is -2.28. The summed E-state index contributed by atoms with van der Waals surface area (Å²) in [5.41, 5.74) is 2.29. The van der Waals surface area contributed by atoms with Crippen LogP contribution in [-0.4, -0.2) is 28.5 Å². The Labute approximate surface area is 128 Å². The molecule has 116 valence electrons. The summed E-state index contributed by atoms with van der Waals surface area (Å²) in [5.74, 6) is 1.13. The van der Waals surface area contributed by atoms with Crippen molar-refractivity contribution in [3.05, 3.63) is 30.1 Å². The molecule has 2 aromatic heterocycles. The lowest BCUT2D eigenvalue weighted by Gasteiger charge is -2.22. The van der Waals surface area contributed by atoms with E-state index in [1.165, 1.54) is 18.5 Å². The second kappa shape index (κ2) is 7.46. The molecule has 0 spiro atoms. The second-order valence-electron chi connectivity index (χ2n) is 5.78. The number of anilines is 1. The molecule has 0 aliphatic rings. The first-order valence-corrected chi connectivity index (χ1v) is 8.11. The third-order valence-electron chi connectivity index (χ3n) is 3.75. The first-order chi connectivity index (χ1) is 10.2. The molecule has 0 unspecified atom stereocenters. The van der Waals surface area contributed by atoms with Gasteiger partial charge in [-0.1, -0.05) is 33.3 Å². The number of aromatic nitrogens is 2. The van der Waals surface area contributed by atoms with Crippen molar-refractivity contribution in [3.63, 3.8) is 0 Å². The largest absolute Gasteiger partial charge is 0.355 e. The average Bonchev–Trinajstić information content (AvgIpc) is 2.84. The Hall–Kier alpha value is -1.55. The highest BCUT2D eigenvalue weighted by Gasteiger charge is 2.16. The predicted molar refractivity (Wildman–Crippen MR) is 90.0 cm³/mol. The summed E-state index contributed by atoms with van der Waals surface area (Å²) in [4.78, 5) is 7.26. The van der Waals surface area contributed by atoms with Gasteiger partial charge in [0.2, 0.25) is 0 Å². The van der Waals surface area contributed by atoms with E-state index in [-0.39, 0.29) is 0 Å². The number of imidazole rings is 1. The van der Waals surface area contributed by atoms with Crippen molar-refractivity contribution in [1.29, 1.82) is 0 Å². The monoisotopic (exact) mass is 288 g/mol. The molecule has 0 radical (unpaired) electrons. The Kier molecular flexibility index (Phi) is 5.62. The van der Waals surface area contributed by atoms with E-state index in [2.05, 4.69) is 60.6 Å². The molecule has 2 rings (SSSR count). The number of hydrogen-bond acceptors (Lipinski definition) is 3. The van der Waals surface area contributed by atoms with E-state index in [9.17, 15) is 0 Å². The smallest absolute Gasteiger partial charge is 0.152 e. The Morgan fingerprint density at radius 3 is 2.76 bits per heavy atom. The van der Waals surface area contributed by atoms with Crippen molar-refractivity contribution >= 4 is 11.5 Å². The number of unbranched alkanes of at least 4 members (excludes halogenated alkanes) is 1. The molecule has 1 N–H and O–H groups in total. The maximum Gasteiger partial charge on any atom is 0.152 e. The minimum atomic E-state index is 0.470. The van der Waals surface area contributed by atoms with Crippen LogP contribution in [0.5, 0.6) is 0 Å².